The van der Waals surface area contributed by atoms with Crippen LogP contribution in [0, 0.1) is 11.9 Å². The van der Waals surface area contributed by atoms with Crippen molar-refractivity contribution in [2.24, 2.45) is 0 Å². The number of carbonyl (C=O) groups excluding carboxylic acids is 1. The number of aromatic nitrogens is 1. The highest BCUT2D eigenvalue weighted by atomic mass is 35.5. The van der Waals surface area contributed by atoms with Gasteiger partial charge in [0.1, 0.15) is 10.0 Å². The first-order valence-corrected chi connectivity index (χ1v) is 4.27. The number of pyridine rings is 1. The minimum Gasteiger partial charge on any atom is -0.420 e. The SMILES string of the molecule is C=CC(=O)Oc1c(Cl)c(F)nc(F)c1Cl. The average Bonchev–Trinajstić information content (AvgIpc) is 2.21. The quantitative estimate of drug-likeness (QED) is 0.462. The third-order valence-corrected chi connectivity index (χ3v) is 1.98. The highest BCUT2D eigenvalue weighted by Crippen LogP contribution is 2.35. The van der Waals surface area contributed by atoms with E-state index in [1.165, 1.54) is 0 Å². The topological polar surface area (TPSA) is 39.2 Å². The molecule has 0 amide bonds. The smallest absolute Gasteiger partial charge is 0.335 e. The van der Waals surface area contributed by atoms with Crippen LogP contribution < -0.4 is 4.74 Å². The van der Waals surface area contributed by atoms with E-state index in [0.717, 1.165) is 6.08 Å². The lowest BCUT2D eigenvalue weighted by Gasteiger charge is -2.06. The fourth-order valence-electron chi connectivity index (χ4n) is 0.700. The fourth-order valence-corrected chi connectivity index (χ4v) is 1.10. The normalized spacial score (nSPS) is 9.87. The summed E-state index contributed by atoms with van der Waals surface area (Å²) in [5.74, 6) is -4.19. The number of ether oxygens (including phenoxy) is 1. The Morgan fingerprint density at radius 2 is 1.80 bits per heavy atom. The van der Waals surface area contributed by atoms with Gasteiger partial charge in [0.05, 0.1) is 0 Å². The monoisotopic (exact) mass is 253 g/mol. The molecule has 0 N–H and O–H groups in total. The van der Waals surface area contributed by atoms with Crippen molar-refractivity contribution in [3.63, 3.8) is 0 Å². The molecule has 15 heavy (non-hydrogen) atoms. The Kier molecular flexibility index (Phi) is 3.60. The number of hydrogen-bond acceptors (Lipinski definition) is 3. The molecule has 0 spiro atoms. The van der Waals surface area contributed by atoms with E-state index >= 15 is 0 Å². The van der Waals surface area contributed by atoms with Crippen LogP contribution in [0.4, 0.5) is 8.78 Å². The number of rotatable bonds is 2. The first-order chi connectivity index (χ1) is 6.97. The van der Waals surface area contributed by atoms with Gasteiger partial charge in [-0.2, -0.15) is 13.8 Å². The van der Waals surface area contributed by atoms with Crippen LogP contribution in [-0.2, 0) is 4.79 Å². The lowest BCUT2D eigenvalue weighted by atomic mass is 10.4. The van der Waals surface area contributed by atoms with Gasteiger partial charge >= 0.3 is 5.97 Å². The zero-order valence-corrected chi connectivity index (χ0v) is 8.57. The maximum atomic E-state index is 12.8. The zero-order chi connectivity index (χ0) is 11.6. The minimum atomic E-state index is -1.31. The number of carbonyl (C=O) groups is 1. The van der Waals surface area contributed by atoms with Crippen molar-refractivity contribution < 1.29 is 18.3 Å². The first-order valence-electron chi connectivity index (χ1n) is 3.51. The second kappa shape index (κ2) is 4.55. The van der Waals surface area contributed by atoms with E-state index in [9.17, 15) is 13.6 Å². The van der Waals surface area contributed by atoms with Gasteiger partial charge in [0.2, 0.25) is 11.9 Å². The minimum absolute atomic E-state index is 0.617. The maximum absolute atomic E-state index is 12.8. The van der Waals surface area contributed by atoms with Crippen molar-refractivity contribution in [3.05, 3.63) is 34.6 Å². The van der Waals surface area contributed by atoms with Crippen molar-refractivity contribution in [3.8, 4) is 5.75 Å². The molecule has 0 unspecified atom stereocenters. The molecule has 0 atom stereocenters. The van der Waals surface area contributed by atoms with Crippen LogP contribution >= 0.6 is 23.2 Å². The third kappa shape index (κ3) is 2.43. The van der Waals surface area contributed by atoms with Crippen LogP contribution in [0.25, 0.3) is 0 Å². The Morgan fingerprint density at radius 1 is 1.33 bits per heavy atom. The first kappa shape index (κ1) is 11.9. The molecule has 0 aliphatic heterocycles. The summed E-state index contributed by atoms with van der Waals surface area (Å²) in [6, 6.07) is 0. The van der Waals surface area contributed by atoms with Gasteiger partial charge < -0.3 is 4.74 Å². The van der Waals surface area contributed by atoms with E-state index in [1.54, 1.807) is 0 Å². The molecule has 1 aromatic rings. The van der Waals surface area contributed by atoms with E-state index in [-0.39, 0.29) is 0 Å². The van der Waals surface area contributed by atoms with E-state index in [0.29, 0.717) is 0 Å². The lowest BCUT2D eigenvalue weighted by molar-refractivity contribution is -0.128. The summed E-state index contributed by atoms with van der Waals surface area (Å²) in [6.45, 7) is 3.10. The molecule has 0 saturated heterocycles. The van der Waals surface area contributed by atoms with Crippen LogP contribution in [0.15, 0.2) is 12.7 Å². The van der Waals surface area contributed by atoms with Crippen LogP contribution in [0.5, 0.6) is 5.75 Å². The Bertz CT molecular complexity index is 411. The van der Waals surface area contributed by atoms with Gasteiger partial charge in [-0.3, -0.25) is 0 Å². The van der Waals surface area contributed by atoms with Crippen LogP contribution in [0.1, 0.15) is 0 Å². The summed E-state index contributed by atoms with van der Waals surface area (Å²) in [5.41, 5.74) is 0. The van der Waals surface area contributed by atoms with E-state index in [2.05, 4.69) is 16.3 Å². The molecular weight excluding hydrogens is 251 g/mol. The summed E-state index contributed by atoms with van der Waals surface area (Å²) in [5, 5.41) is -1.34. The molecule has 80 valence electrons. The van der Waals surface area contributed by atoms with Gasteiger partial charge in [-0.25, -0.2) is 4.79 Å². The van der Waals surface area contributed by atoms with Crippen LogP contribution in [0.3, 0.4) is 0 Å². The Labute approximate surface area is 93.3 Å². The van der Waals surface area contributed by atoms with Crippen LogP contribution in [-0.4, -0.2) is 11.0 Å². The summed E-state index contributed by atoms with van der Waals surface area (Å²) in [4.78, 5) is 13.5. The second-order valence-corrected chi connectivity index (χ2v) is 3.03. The summed E-state index contributed by atoms with van der Waals surface area (Å²) in [7, 11) is 0. The summed E-state index contributed by atoms with van der Waals surface area (Å²) in [6.07, 6.45) is 0.795. The molecule has 0 fully saturated rings. The maximum Gasteiger partial charge on any atom is 0.335 e. The zero-order valence-electron chi connectivity index (χ0n) is 7.06. The Balaban J connectivity index is 3.26. The van der Waals surface area contributed by atoms with Gasteiger partial charge in [0.25, 0.3) is 0 Å². The lowest BCUT2D eigenvalue weighted by Crippen LogP contribution is -2.06. The van der Waals surface area contributed by atoms with Crippen molar-refractivity contribution in [1.82, 2.24) is 4.98 Å². The Hall–Kier alpha value is -1.20. The van der Waals surface area contributed by atoms with Gasteiger partial charge in [0.15, 0.2) is 5.75 Å². The molecule has 0 aliphatic rings. The Morgan fingerprint density at radius 3 is 2.20 bits per heavy atom. The molecule has 0 saturated carbocycles. The van der Waals surface area contributed by atoms with Crippen molar-refractivity contribution in [1.29, 1.82) is 0 Å². The molecular formula is C8H3Cl2F2NO2. The molecule has 7 heteroatoms. The number of nitrogens with zero attached hydrogens (tertiary/aromatic N) is 1. The summed E-state index contributed by atoms with van der Waals surface area (Å²) < 4.78 is 30.1. The van der Waals surface area contributed by atoms with Crippen molar-refractivity contribution >= 4 is 29.2 Å². The predicted octanol–water partition coefficient (Wildman–Crippen LogP) is 2.76. The molecule has 1 rings (SSSR count). The van der Waals surface area contributed by atoms with E-state index in [4.69, 9.17) is 23.2 Å². The predicted molar refractivity (Wildman–Crippen MR) is 50.0 cm³/mol. The van der Waals surface area contributed by atoms with E-state index in [1.807, 2.05) is 0 Å². The highest BCUT2D eigenvalue weighted by Gasteiger charge is 2.20. The van der Waals surface area contributed by atoms with Crippen LogP contribution in [0.2, 0.25) is 10.0 Å². The standard InChI is InChI=1S/C8H3Cl2F2NO2/c1-2-3(14)15-6-4(9)7(11)13-8(12)5(6)10/h2H,1H2. The van der Waals surface area contributed by atoms with E-state index < -0.39 is 33.7 Å². The van der Waals surface area contributed by atoms with Gasteiger partial charge in [0, 0.05) is 6.08 Å². The molecule has 1 heterocycles. The number of esters is 1. The average molecular weight is 254 g/mol. The van der Waals surface area contributed by atoms with Gasteiger partial charge in [-0.05, 0) is 0 Å². The molecule has 0 bridgehead atoms. The molecule has 0 aromatic carbocycles. The van der Waals surface area contributed by atoms with Gasteiger partial charge in [-0.15, -0.1) is 0 Å². The van der Waals surface area contributed by atoms with Crippen molar-refractivity contribution in [2.75, 3.05) is 0 Å². The highest BCUT2D eigenvalue weighted by molar-refractivity contribution is 6.37. The second-order valence-electron chi connectivity index (χ2n) is 2.28. The molecule has 3 nitrogen and oxygen atoms in total. The van der Waals surface area contributed by atoms with Gasteiger partial charge in [-0.1, -0.05) is 29.8 Å². The molecule has 0 radical (unpaired) electrons. The number of halogens is 4. The number of hydrogen-bond donors (Lipinski definition) is 0. The fraction of sp³-hybridized carbons (Fsp3) is 0. The molecule has 0 aliphatic carbocycles. The summed E-state index contributed by atoms with van der Waals surface area (Å²) >= 11 is 10.7. The molecule has 1 aromatic heterocycles. The van der Waals surface area contributed by atoms with Crippen molar-refractivity contribution in [2.45, 2.75) is 0 Å². The third-order valence-electron chi connectivity index (χ3n) is 1.33. The largest absolute Gasteiger partial charge is 0.420 e.